The van der Waals surface area contributed by atoms with E-state index in [0.29, 0.717) is 18.4 Å². The molecule has 0 bridgehead atoms. The minimum Gasteiger partial charge on any atom is -0.323 e. The molecule has 0 saturated carbocycles. The van der Waals surface area contributed by atoms with E-state index in [-0.39, 0.29) is 36.4 Å². The normalized spacial score (nSPS) is 16.2. The third-order valence-corrected chi connectivity index (χ3v) is 6.93. The van der Waals surface area contributed by atoms with Crippen molar-refractivity contribution >= 4 is 37.5 Å². The molecule has 5 nitrogen and oxygen atoms in total. The molecule has 0 aliphatic carbocycles. The van der Waals surface area contributed by atoms with Crippen LogP contribution in [0.1, 0.15) is 18.4 Å². The zero-order chi connectivity index (χ0) is 19.4. The van der Waals surface area contributed by atoms with Gasteiger partial charge in [-0.25, -0.2) is 17.1 Å². The van der Waals surface area contributed by atoms with Crippen LogP contribution >= 0.6 is 15.9 Å². The molecule has 1 heterocycles. The molecule has 1 fully saturated rings. The molecule has 0 spiro atoms. The van der Waals surface area contributed by atoms with Gasteiger partial charge >= 0.3 is 0 Å². The molecule has 144 valence electrons. The number of para-hydroxylation sites is 1. The van der Waals surface area contributed by atoms with Crippen molar-refractivity contribution in [2.45, 2.75) is 18.6 Å². The highest BCUT2D eigenvalue weighted by Gasteiger charge is 2.31. The number of nitrogens with one attached hydrogen (secondary N) is 1. The molecule has 0 radical (unpaired) electrons. The minimum absolute atomic E-state index is 0.0709. The van der Waals surface area contributed by atoms with Crippen LogP contribution in [0.4, 0.5) is 10.1 Å². The number of piperidine rings is 1. The van der Waals surface area contributed by atoms with Gasteiger partial charge in [0.2, 0.25) is 15.9 Å². The Hall–Kier alpha value is -1.77. The summed E-state index contributed by atoms with van der Waals surface area (Å²) in [7, 11) is -3.45. The van der Waals surface area contributed by atoms with Gasteiger partial charge in [0.05, 0.1) is 11.4 Å². The van der Waals surface area contributed by atoms with Crippen molar-refractivity contribution in [1.29, 1.82) is 0 Å². The summed E-state index contributed by atoms with van der Waals surface area (Å²) in [6.45, 7) is 0.567. The average Bonchev–Trinajstić information content (AvgIpc) is 2.63. The van der Waals surface area contributed by atoms with E-state index in [0.717, 1.165) is 4.47 Å². The zero-order valence-electron chi connectivity index (χ0n) is 14.6. The maximum atomic E-state index is 13.7. The Morgan fingerprint density at radius 2 is 1.85 bits per heavy atom. The predicted molar refractivity (Wildman–Crippen MR) is 106 cm³/mol. The maximum Gasteiger partial charge on any atom is 0.227 e. The third-order valence-electron chi connectivity index (χ3n) is 4.59. The second kappa shape index (κ2) is 8.50. The Balaban J connectivity index is 1.58. The average molecular weight is 455 g/mol. The molecule has 1 saturated heterocycles. The highest BCUT2D eigenvalue weighted by Crippen LogP contribution is 2.24. The number of hydrogen-bond donors (Lipinski definition) is 1. The number of nitrogens with zero attached hydrogens (tertiary/aromatic N) is 1. The molecule has 1 amide bonds. The SMILES string of the molecule is O=C(Nc1ccccc1F)C1CCN(S(=O)(=O)Cc2cccc(Br)c2)CC1. The van der Waals surface area contributed by atoms with Gasteiger partial charge in [-0.15, -0.1) is 0 Å². The van der Waals surface area contributed by atoms with E-state index >= 15 is 0 Å². The molecule has 1 aliphatic heterocycles. The zero-order valence-corrected chi connectivity index (χ0v) is 17.0. The van der Waals surface area contributed by atoms with Crippen LogP contribution in [0.5, 0.6) is 0 Å². The van der Waals surface area contributed by atoms with Crippen LogP contribution in [0.2, 0.25) is 0 Å². The Kier molecular flexibility index (Phi) is 6.29. The largest absolute Gasteiger partial charge is 0.323 e. The molecule has 3 rings (SSSR count). The third kappa shape index (κ3) is 5.15. The molecule has 0 unspecified atom stereocenters. The van der Waals surface area contributed by atoms with E-state index in [4.69, 9.17) is 0 Å². The van der Waals surface area contributed by atoms with E-state index in [1.165, 1.54) is 16.4 Å². The quantitative estimate of drug-likeness (QED) is 0.747. The smallest absolute Gasteiger partial charge is 0.227 e. The summed E-state index contributed by atoms with van der Waals surface area (Å²) in [6, 6.07) is 13.2. The number of amides is 1. The number of benzene rings is 2. The maximum absolute atomic E-state index is 13.7. The molecule has 0 aromatic heterocycles. The van der Waals surface area contributed by atoms with Crippen molar-refractivity contribution in [3.05, 3.63) is 64.4 Å². The summed E-state index contributed by atoms with van der Waals surface area (Å²) in [5, 5.41) is 2.59. The lowest BCUT2D eigenvalue weighted by Gasteiger charge is -2.30. The topological polar surface area (TPSA) is 66.5 Å². The Bertz CT molecular complexity index is 928. The number of hydrogen-bond acceptors (Lipinski definition) is 3. The van der Waals surface area contributed by atoms with Crippen LogP contribution in [-0.4, -0.2) is 31.7 Å². The molecule has 0 atom stereocenters. The monoisotopic (exact) mass is 454 g/mol. The lowest BCUT2D eigenvalue weighted by molar-refractivity contribution is -0.120. The fourth-order valence-electron chi connectivity index (χ4n) is 3.12. The van der Waals surface area contributed by atoms with Gasteiger partial charge < -0.3 is 5.32 Å². The summed E-state index contributed by atoms with van der Waals surface area (Å²) in [5.74, 6) is -1.16. The predicted octanol–water partition coefficient (Wildman–Crippen LogP) is 3.77. The molecule has 2 aromatic rings. The highest BCUT2D eigenvalue weighted by atomic mass is 79.9. The fraction of sp³-hybridized carbons (Fsp3) is 0.316. The number of anilines is 1. The molecule has 1 aliphatic rings. The first-order chi connectivity index (χ1) is 12.8. The van der Waals surface area contributed by atoms with Crippen molar-refractivity contribution in [2.75, 3.05) is 18.4 Å². The molecule has 2 aromatic carbocycles. The van der Waals surface area contributed by atoms with Crippen molar-refractivity contribution < 1.29 is 17.6 Å². The molecular formula is C19H20BrFN2O3S. The second-order valence-corrected chi connectivity index (χ2v) is 9.41. The fourth-order valence-corrected chi connectivity index (χ4v) is 5.12. The van der Waals surface area contributed by atoms with Gasteiger partial charge in [0.25, 0.3) is 0 Å². The van der Waals surface area contributed by atoms with Crippen LogP contribution in [0.25, 0.3) is 0 Å². The summed E-state index contributed by atoms with van der Waals surface area (Å²) in [4.78, 5) is 12.4. The van der Waals surface area contributed by atoms with Crippen LogP contribution in [0.3, 0.4) is 0 Å². The van der Waals surface area contributed by atoms with Crippen LogP contribution in [-0.2, 0) is 20.6 Å². The first kappa shape index (κ1) is 20.0. The number of carbonyl (C=O) groups is 1. The summed E-state index contributed by atoms with van der Waals surface area (Å²) >= 11 is 3.34. The lowest BCUT2D eigenvalue weighted by atomic mass is 9.97. The highest BCUT2D eigenvalue weighted by molar-refractivity contribution is 9.10. The van der Waals surface area contributed by atoms with Crippen molar-refractivity contribution in [3.8, 4) is 0 Å². The van der Waals surface area contributed by atoms with Crippen LogP contribution < -0.4 is 5.32 Å². The van der Waals surface area contributed by atoms with Gasteiger partial charge in [-0.1, -0.05) is 40.2 Å². The van der Waals surface area contributed by atoms with Gasteiger partial charge in [-0.3, -0.25) is 4.79 Å². The Morgan fingerprint density at radius 3 is 2.52 bits per heavy atom. The number of halogens is 2. The molecular weight excluding hydrogens is 435 g/mol. The summed E-state index contributed by atoms with van der Waals surface area (Å²) in [6.07, 6.45) is 0.829. The number of carbonyl (C=O) groups excluding carboxylic acids is 1. The Morgan fingerprint density at radius 1 is 1.15 bits per heavy atom. The van der Waals surface area contributed by atoms with Gasteiger partial charge in [-0.2, -0.15) is 0 Å². The van der Waals surface area contributed by atoms with Crippen molar-refractivity contribution in [3.63, 3.8) is 0 Å². The van der Waals surface area contributed by atoms with Gasteiger partial charge in [0.1, 0.15) is 5.82 Å². The van der Waals surface area contributed by atoms with Gasteiger partial charge in [-0.05, 0) is 42.7 Å². The lowest BCUT2D eigenvalue weighted by Crippen LogP contribution is -2.41. The van der Waals surface area contributed by atoms with E-state index < -0.39 is 15.8 Å². The first-order valence-electron chi connectivity index (χ1n) is 8.63. The molecule has 8 heteroatoms. The van der Waals surface area contributed by atoms with Crippen molar-refractivity contribution in [2.24, 2.45) is 5.92 Å². The van der Waals surface area contributed by atoms with Gasteiger partial charge in [0, 0.05) is 23.5 Å². The van der Waals surface area contributed by atoms with Crippen molar-refractivity contribution in [1.82, 2.24) is 4.31 Å². The van der Waals surface area contributed by atoms with Gasteiger partial charge in [0.15, 0.2) is 0 Å². The Labute approximate surface area is 166 Å². The molecule has 1 N–H and O–H groups in total. The van der Waals surface area contributed by atoms with Crippen LogP contribution in [0, 0.1) is 11.7 Å². The van der Waals surface area contributed by atoms with E-state index in [9.17, 15) is 17.6 Å². The van der Waals surface area contributed by atoms with E-state index in [2.05, 4.69) is 21.2 Å². The minimum atomic E-state index is -3.45. The summed E-state index contributed by atoms with van der Waals surface area (Å²) in [5.41, 5.74) is 0.857. The van der Waals surface area contributed by atoms with Crippen LogP contribution in [0.15, 0.2) is 53.0 Å². The standard InChI is InChI=1S/C19H20BrFN2O3S/c20-16-5-3-4-14(12-16)13-27(25,26)23-10-8-15(9-11-23)19(24)22-18-7-2-1-6-17(18)21/h1-7,12,15H,8-11,13H2,(H,22,24). The van der Waals surface area contributed by atoms with E-state index in [1.807, 2.05) is 6.07 Å². The summed E-state index contributed by atoms with van der Waals surface area (Å²) < 4.78 is 41.2. The van der Waals surface area contributed by atoms with E-state index in [1.54, 1.807) is 30.3 Å². The second-order valence-electron chi connectivity index (χ2n) is 6.53. The number of sulfonamides is 1. The molecule has 27 heavy (non-hydrogen) atoms. The number of rotatable bonds is 5. The first-order valence-corrected chi connectivity index (χ1v) is 11.0.